The summed E-state index contributed by atoms with van der Waals surface area (Å²) in [6, 6.07) is 22.5. The van der Waals surface area contributed by atoms with Crippen LogP contribution in [0.25, 0.3) is 11.1 Å². The number of benzene rings is 4. The first-order valence-electron chi connectivity index (χ1n) is 17.8. The van der Waals surface area contributed by atoms with E-state index in [1.54, 1.807) is 58.9 Å². The summed E-state index contributed by atoms with van der Waals surface area (Å²) in [6.45, 7) is 2.07. The second kappa shape index (κ2) is 13.6. The Bertz CT molecular complexity index is 2360. The topological polar surface area (TPSA) is 182 Å². The van der Waals surface area contributed by atoms with Gasteiger partial charge in [0.25, 0.3) is 11.8 Å². The maximum atomic E-state index is 14.0. The van der Waals surface area contributed by atoms with Crippen LogP contribution in [-0.2, 0) is 30.8 Å². The Hall–Kier alpha value is -5.70. The SMILES string of the molecule is Cc1ccc(S(=O)(=O)N2CC[C@@H]3[C@H](CO)Nc4ccc(-c5cccc(NC(=O)Cc6cccc7c6C(=O)N(C6CCC(=O)NC6=O)C7=O)c5)cc4[C@@H]32)cc1. The Morgan fingerprint density at radius 2 is 1.67 bits per heavy atom. The molecular weight excluding hydrogens is 711 g/mol. The zero-order chi connectivity index (χ0) is 37.9. The molecule has 0 saturated carbocycles. The largest absolute Gasteiger partial charge is 0.394 e. The van der Waals surface area contributed by atoms with Crippen LogP contribution in [0.4, 0.5) is 11.4 Å². The highest BCUT2D eigenvalue weighted by Crippen LogP contribution is 2.49. The zero-order valence-corrected chi connectivity index (χ0v) is 30.1. The van der Waals surface area contributed by atoms with Crippen molar-refractivity contribution in [3.05, 3.63) is 113 Å². The quantitative estimate of drug-likeness (QED) is 0.195. The molecule has 13 nitrogen and oxygen atoms in total. The number of sulfonamides is 1. The number of aliphatic hydroxyl groups excluding tert-OH is 1. The van der Waals surface area contributed by atoms with Gasteiger partial charge in [-0.05, 0) is 84.5 Å². The smallest absolute Gasteiger partial charge is 0.262 e. The first kappa shape index (κ1) is 35.3. The van der Waals surface area contributed by atoms with E-state index >= 15 is 0 Å². The highest BCUT2D eigenvalue weighted by molar-refractivity contribution is 7.89. The van der Waals surface area contributed by atoms with E-state index < -0.39 is 51.6 Å². The molecule has 5 amide bonds. The number of nitrogens with zero attached hydrogens (tertiary/aromatic N) is 2. The molecule has 2 fully saturated rings. The van der Waals surface area contributed by atoms with Crippen LogP contribution in [0.3, 0.4) is 0 Å². The van der Waals surface area contributed by atoms with Gasteiger partial charge in [-0.25, -0.2) is 8.42 Å². The number of imide groups is 2. The molecule has 4 aromatic rings. The lowest BCUT2D eigenvalue weighted by Crippen LogP contribution is -2.54. The van der Waals surface area contributed by atoms with Crippen LogP contribution in [0.5, 0.6) is 0 Å². The summed E-state index contributed by atoms with van der Waals surface area (Å²) in [5, 5.41) is 18.7. The number of piperidine rings is 1. The van der Waals surface area contributed by atoms with Crippen molar-refractivity contribution in [2.75, 3.05) is 23.8 Å². The standard InChI is InChI=1S/C40H37N5O8S/c1-22-8-11-27(12-9-22)54(52,53)44-17-16-28-32(21-46)42-31-13-10-24(19-30(31)37(28)44)23-4-2-6-26(18-23)41-35(48)20-25-5-3-7-29-36(25)40(51)45(39(29)50)33-14-15-34(47)43-38(33)49/h2-13,18-19,28,32-33,37,42,46H,14-17,20-21H2,1H3,(H,41,48)(H,43,47,49)/t28-,32+,33?,37-/m1/s1. The van der Waals surface area contributed by atoms with Gasteiger partial charge in [-0.1, -0.05) is 48.0 Å². The van der Waals surface area contributed by atoms with Crippen LogP contribution in [-0.4, -0.2) is 77.5 Å². The summed E-state index contributed by atoms with van der Waals surface area (Å²) < 4.78 is 29.5. The van der Waals surface area contributed by atoms with Crippen LogP contribution in [0.15, 0.2) is 89.8 Å². The van der Waals surface area contributed by atoms with E-state index in [2.05, 4.69) is 16.0 Å². The first-order chi connectivity index (χ1) is 25.9. The number of carbonyl (C=O) groups excluding carboxylic acids is 5. The number of hydrogen-bond acceptors (Lipinski definition) is 9. The normalized spacial score (nSPS) is 22.3. The van der Waals surface area contributed by atoms with Gasteiger partial charge in [0.1, 0.15) is 6.04 Å². The number of carbonyl (C=O) groups is 5. The third-order valence-corrected chi connectivity index (χ3v) is 12.7. The van der Waals surface area contributed by atoms with Crippen LogP contribution in [0.1, 0.15) is 62.7 Å². The van der Waals surface area contributed by atoms with Gasteiger partial charge in [-0.15, -0.1) is 0 Å². The maximum absolute atomic E-state index is 14.0. The van der Waals surface area contributed by atoms with Crippen molar-refractivity contribution >= 4 is 50.9 Å². The molecule has 0 spiro atoms. The molecule has 276 valence electrons. The van der Waals surface area contributed by atoms with Crippen molar-refractivity contribution in [2.24, 2.45) is 5.92 Å². The fraction of sp³-hybridized carbons (Fsp3) is 0.275. The number of hydrogen-bond donors (Lipinski definition) is 4. The lowest BCUT2D eigenvalue weighted by molar-refractivity contribution is -0.136. The molecule has 1 unspecified atom stereocenters. The van der Waals surface area contributed by atoms with Gasteiger partial charge in [-0.3, -0.25) is 34.2 Å². The maximum Gasteiger partial charge on any atom is 0.262 e. The van der Waals surface area contributed by atoms with Gasteiger partial charge in [0.15, 0.2) is 0 Å². The Labute approximate surface area is 311 Å². The first-order valence-corrected chi connectivity index (χ1v) is 19.2. The average molecular weight is 748 g/mol. The molecule has 8 rings (SSSR count). The fourth-order valence-electron chi connectivity index (χ4n) is 8.20. The van der Waals surface area contributed by atoms with Crippen molar-refractivity contribution < 1.29 is 37.5 Å². The van der Waals surface area contributed by atoms with Gasteiger partial charge in [0.05, 0.1) is 41.1 Å². The Balaban J connectivity index is 1.03. The highest BCUT2D eigenvalue weighted by atomic mass is 32.2. The number of nitrogens with one attached hydrogen (secondary N) is 3. The van der Waals surface area contributed by atoms with E-state index in [0.717, 1.165) is 32.8 Å². The highest BCUT2D eigenvalue weighted by Gasteiger charge is 2.49. The summed E-state index contributed by atoms with van der Waals surface area (Å²) in [4.78, 5) is 65.5. The third-order valence-electron chi connectivity index (χ3n) is 10.8. The predicted octanol–water partition coefficient (Wildman–Crippen LogP) is 3.78. The molecule has 4 aliphatic heterocycles. The molecule has 0 aromatic heterocycles. The zero-order valence-electron chi connectivity index (χ0n) is 29.2. The van der Waals surface area contributed by atoms with Gasteiger partial charge in [-0.2, -0.15) is 4.31 Å². The minimum Gasteiger partial charge on any atom is -0.394 e. The van der Waals surface area contributed by atoms with Crippen LogP contribution in [0, 0.1) is 12.8 Å². The molecule has 14 heteroatoms. The molecule has 4 atom stereocenters. The lowest BCUT2D eigenvalue weighted by Gasteiger charge is -2.39. The number of fused-ring (bicyclic) bond motifs is 4. The predicted molar refractivity (Wildman–Crippen MR) is 198 cm³/mol. The number of amides is 5. The Kier molecular flexibility index (Phi) is 8.91. The van der Waals surface area contributed by atoms with Gasteiger partial charge < -0.3 is 15.7 Å². The second-order valence-corrected chi connectivity index (χ2v) is 16.0. The Morgan fingerprint density at radius 1 is 0.907 bits per heavy atom. The molecule has 2 saturated heterocycles. The van der Waals surface area contributed by atoms with E-state index in [9.17, 15) is 37.5 Å². The summed E-state index contributed by atoms with van der Waals surface area (Å²) >= 11 is 0. The van der Waals surface area contributed by atoms with E-state index in [4.69, 9.17) is 0 Å². The van der Waals surface area contributed by atoms with Crippen LogP contribution >= 0.6 is 0 Å². The minimum absolute atomic E-state index is 0.000135. The van der Waals surface area contributed by atoms with Gasteiger partial charge in [0.2, 0.25) is 27.7 Å². The summed E-state index contributed by atoms with van der Waals surface area (Å²) in [5.41, 5.74) is 5.03. The third kappa shape index (κ3) is 6.05. The summed E-state index contributed by atoms with van der Waals surface area (Å²) in [7, 11) is -3.84. The van der Waals surface area contributed by atoms with Gasteiger partial charge >= 0.3 is 0 Å². The van der Waals surface area contributed by atoms with Crippen molar-refractivity contribution in [1.29, 1.82) is 0 Å². The van der Waals surface area contributed by atoms with E-state index in [1.165, 1.54) is 6.07 Å². The van der Waals surface area contributed by atoms with Crippen LogP contribution < -0.4 is 16.0 Å². The molecule has 0 radical (unpaired) electrons. The van der Waals surface area contributed by atoms with E-state index in [0.29, 0.717) is 24.2 Å². The van der Waals surface area contributed by atoms with E-state index in [1.807, 2.05) is 31.2 Å². The van der Waals surface area contributed by atoms with Crippen LogP contribution in [0.2, 0.25) is 0 Å². The molecule has 4 N–H and O–H groups in total. The van der Waals surface area contributed by atoms with Gasteiger partial charge in [0, 0.05) is 30.3 Å². The van der Waals surface area contributed by atoms with Crippen molar-refractivity contribution in [3.63, 3.8) is 0 Å². The van der Waals surface area contributed by atoms with Crippen molar-refractivity contribution in [1.82, 2.24) is 14.5 Å². The Morgan fingerprint density at radius 3 is 2.43 bits per heavy atom. The number of aliphatic hydroxyl groups is 1. The molecule has 4 aromatic carbocycles. The molecular formula is C40H37N5O8S. The van der Waals surface area contributed by atoms with Crippen molar-refractivity contribution in [3.8, 4) is 11.1 Å². The average Bonchev–Trinajstić information content (AvgIpc) is 3.72. The lowest BCUT2D eigenvalue weighted by atomic mass is 9.82. The number of anilines is 2. The molecule has 0 aliphatic carbocycles. The summed E-state index contributed by atoms with van der Waals surface area (Å²) in [6.07, 6.45) is 0.386. The molecule has 0 bridgehead atoms. The fourth-order valence-corrected chi connectivity index (χ4v) is 9.87. The minimum atomic E-state index is -3.84. The van der Waals surface area contributed by atoms with E-state index in [-0.39, 0.29) is 53.9 Å². The second-order valence-electron chi connectivity index (χ2n) is 14.2. The molecule has 54 heavy (non-hydrogen) atoms. The molecule has 4 heterocycles. The van der Waals surface area contributed by atoms with Crippen molar-refractivity contribution in [2.45, 2.75) is 55.6 Å². The monoisotopic (exact) mass is 747 g/mol. The summed E-state index contributed by atoms with van der Waals surface area (Å²) in [5.74, 6) is -3.09. The number of aryl methyl sites for hydroxylation is 1. The number of rotatable bonds is 8. The molecule has 4 aliphatic rings.